The summed E-state index contributed by atoms with van der Waals surface area (Å²) < 4.78 is 15.8. The number of nitriles is 1. The molecule has 0 aliphatic carbocycles. The van der Waals surface area contributed by atoms with Crippen LogP contribution in [0.2, 0.25) is 0 Å². The molecule has 1 saturated heterocycles. The lowest BCUT2D eigenvalue weighted by Crippen LogP contribution is -2.46. The molecule has 1 fully saturated rings. The van der Waals surface area contributed by atoms with Crippen molar-refractivity contribution in [2.75, 3.05) is 25.7 Å². The quantitative estimate of drug-likeness (QED) is 0.699. The first kappa shape index (κ1) is 20.2. The fraction of sp³-hybridized carbons (Fsp3) is 0.318. The van der Waals surface area contributed by atoms with Crippen molar-refractivity contribution in [3.05, 3.63) is 54.1 Å². The molecule has 1 amide bonds. The number of hydrogen-bond donors (Lipinski definition) is 0. The van der Waals surface area contributed by atoms with Crippen molar-refractivity contribution in [2.24, 2.45) is 5.92 Å². The van der Waals surface area contributed by atoms with Crippen molar-refractivity contribution in [1.29, 1.82) is 5.26 Å². The van der Waals surface area contributed by atoms with Gasteiger partial charge in [-0.25, -0.2) is 0 Å². The number of esters is 1. The second kappa shape index (κ2) is 9.11. The second-order valence-corrected chi connectivity index (χ2v) is 6.56. The average molecular weight is 394 g/mol. The first-order valence-corrected chi connectivity index (χ1v) is 9.23. The Morgan fingerprint density at radius 1 is 1.14 bits per heavy atom. The van der Waals surface area contributed by atoms with Crippen LogP contribution < -0.4 is 14.4 Å². The van der Waals surface area contributed by atoms with Crippen LogP contribution in [0.3, 0.4) is 0 Å². The Bertz CT molecular complexity index is 920. The summed E-state index contributed by atoms with van der Waals surface area (Å²) in [6.07, 6.45) is 0.530. The molecule has 1 aliphatic heterocycles. The van der Waals surface area contributed by atoms with Crippen molar-refractivity contribution in [1.82, 2.24) is 0 Å². The Morgan fingerprint density at radius 2 is 1.86 bits per heavy atom. The molecule has 0 N–H and O–H groups in total. The number of nitrogens with zero attached hydrogens (tertiary/aromatic N) is 2. The number of hydrogen-bond acceptors (Lipinski definition) is 6. The summed E-state index contributed by atoms with van der Waals surface area (Å²) in [5.74, 6) is 0.00384. The standard InChI is InChI=1S/C22H22N2O5/c1-27-16-9-7-15(8-10-16)24-20(25)12-11-18(22(26)29-14-13-23)21(24)17-5-3-4-6-19(17)28-2/h3-10,18,21H,11-12,14H2,1-2H3/t18-,21-/m0/s1. The minimum absolute atomic E-state index is 0.101. The number of rotatable bonds is 6. The molecule has 0 radical (unpaired) electrons. The zero-order valence-corrected chi connectivity index (χ0v) is 16.3. The summed E-state index contributed by atoms with van der Waals surface area (Å²) in [7, 11) is 3.12. The molecule has 150 valence electrons. The number of ether oxygens (including phenoxy) is 3. The van der Waals surface area contributed by atoms with Crippen LogP contribution >= 0.6 is 0 Å². The third-order valence-electron chi connectivity index (χ3n) is 4.99. The maximum absolute atomic E-state index is 13.0. The summed E-state index contributed by atoms with van der Waals surface area (Å²) in [5.41, 5.74) is 1.35. The Kier molecular flexibility index (Phi) is 6.35. The number of amides is 1. The fourth-order valence-electron chi connectivity index (χ4n) is 3.66. The monoisotopic (exact) mass is 394 g/mol. The van der Waals surface area contributed by atoms with Crippen LogP contribution in [0.5, 0.6) is 11.5 Å². The van der Waals surface area contributed by atoms with Gasteiger partial charge in [-0.3, -0.25) is 9.59 Å². The number of anilines is 1. The SMILES string of the molecule is COc1ccc(N2C(=O)CC[C@H](C(=O)OCC#N)[C@@H]2c2ccccc2OC)cc1. The van der Waals surface area contributed by atoms with E-state index < -0.39 is 17.9 Å². The molecule has 0 bridgehead atoms. The lowest BCUT2D eigenvalue weighted by Gasteiger charge is -2.40. The van der Waals surface area contributed by atoms with Gasteiger partial charge in [0.25, 0.3) is 0 Å². The van der Waals surface area contributed by atoms with Crippen molar-refractivity contribution in [3.63, 3.8) is 0 Å². The molecule has 29 heavy (non-hydrogen) atoms. The minimum atomic E-state index is -0.626. The zero-order valence-electron chi connectivity index (χ0n) is 16.3. The van der Waals surface area contributed by atoms with Gasteiger partial charge in [0.2, 0.25) is 5.91 Å². The maximum atomic E-state index is 13.0. The highest BCUT2D eigenvalue weighted by Crippen LogP contribution is 2.43. The van der Waals surface area contributed by atoms with Crippen LogP contribution in [0.4, 0.5) is 5.69 Å². The Labute approximate surface area is 169 Å². The molecule has 1 aliphatic rings. The highest BCUT2D eigenvalue weighted by molar-refractivity contribution is 5.97. The highest BCUT2D eigenvalue weighted by atomic mass is 16.5. The molecule has 7 nitrogen and oxygen atoms in total. The van der Waals surface area contributed by atoms with Crippen molar-refractivity contribution in [2.45, 2.75) is 18.9 Å². The van der Waals surface area contributed by atoms with E-state index in [1.54, 1.807) is 49.5 Å². The van der Waals surface area contributed by atoms with Crippen molar-refractivity contribution in [3.8, 4) is 17.6 Å². The van der Waals surface area contributed by atoms with Gasteiger partial charge >= 0.3 is 5.97 Å². The molecule has 0 aromatic heterocycles. The Morgan fingerprint density at radius 3 is 2.52 bits per heavy atom. The predicted octanol–water partition coefficient (Wildman–Crippen LogP) is 3.25. The van der Waals surface area contributed by atoms with Gasteiger partial charge in [-0.15, -0.1) is 0 Å². The van der Waals surface area contributed by atoms with E-state index in [0.717, 1.165) is 0 Å². The van der Waals surface area contributed by atoms with Crippen LogP contribution in [0, 0.1) is 17.2 Å². The number of carbonyl (C=O) groups is 2. The van der Waals surface area contributed by atoms with Gasteiger partial charge in [-0.1, -0.05) is 18.2 Å². The summed E-state index contributed by atoms with van der Waals surface area (Å²) in [6.45, 7) is -0.329. The van der Waals surface area contributed by atoms with Crippen LogP contribution in [-0.4, -0.2) is 32.7 Å². The number of carbonyl (C=O) groups excluding carboxylic acids is 2. The van der Waals surface area contributed by atoms with E-state index in [4.69, 9.17) is 19.5 Å². The van der Waals surface area contributed by atoms with E-state index in [-0.39, 0.29) is 18.9 Å². The zero-order chi connectivity index (χ0) is 20.8. The van der Waals surface area contributed by atoms with Crippen LogP contribution in [0.15, 0.2) is 48.5 Å². The van der Waals surface area contributed by atoms with Crippen LogP contribution in [0.1, 0.15) is 24.4 Å². The molecule has 0 saturated carbocycles. The van der Waals surface area contributed by atoms with Crippen LogP contribution in [0.25, 0.3) is 0 Å². The normalized spacial score (nSPS) is 18.7. The molecule has 2 atom stereocenters. The smallest absolute Gasteiger partial charge is 0.312 e. The molecular formula is C22H22N2O5. The van der Waals surface area contributed by atoms with E-state index in [9.17, 15) is 9.59 Å². The summed E-state index contributed by atoms with van der Waals surface area (Å²) in [4.78, 5) is 27.3. The number of methoxy groups -OCH3 is 2. The fourth-order valence-corrected chi connectivity index (χ4v) is 3.66. The highest BCUT2D eigenvalue weighted by Gasteiger charge is 2.43. The molecule has 2 aromatic rings. The number of benzene rings is 2. The first-order chi connectivity index (χ1) is 14.1. The predicted molar refractivity (Wildman–Crippen MR) is 106 cm³/mol. The number of para-hydroxylation sites is 1. The van der Waals surface area contributed by atoms with Gasteiger partial charge in [0.15, 0.2) is 6.61 Å². The van der Waals surface area contributed by atoms with Crippen molar-refractivity contribution < 1.29 is 23.8 Å². The molecule has 1 heterocycles. The second-order valence-electron chi connectivity index (χ2n) is 6.56. The van der Waals surface area contributed by atoms with E-state index in [0.29, 0.717) is 29.2 Å². The topological polar surface area (TPSA) is 88.9 Å². The summed E-state index contributed by atoms with van der Waals surface area (Å²) >= 11 is 0. The van der Waals surface area contributed by atoms with Gasteiger partial charge in [0.1, 0.15) is 17.6 Å². The van der Waals surface area contributed by atoms with E-state index in [1.807, 2.05) is 24.3 Å². The third-order valence-corrected chi connectivity index (χ3v) is 4.99. The minimum Gasteiger partial charge on any atom is -0.497 e. The molecule has 7 heteroatoms. The summed E-state index contributed by atoms with van der Waals surface area (Å²) in [6, 6.07) is 15.6. The average Bonchev–Trinajstić information content (AvgIpc) is 2.77. The van der Waals surface area contributed by atoms with Gasteiger partial charge in [0.05, 0.1) is 26.2 Å². The van der Waals surface area contributed by atoms with E-state index >= 15 is 0 Å². The third kappa shape index (κ3) is 4.16. The maximum Gasteiger partial charge on any atom is 0.312 e. The Hall–Kier alpha value is -3.53. The van der Waals surface area contributed by atoms with Gasteiger partial charge in [0, 0.05) is 17.7 Å². The molecule has 2 aromatic carbocycles. The first-order valence-electron chi connectivity index (χ1n) is 9.23. The van der Waals surface area contributed by atoms with Gasteiger partial charge < -0.3 is 19.1 Å². The van der Waals surface area contributed by atoms with Gasteiger partial charge in [-0.05, 0) is 36.8 Å². The van der Waals surface area contributed by atoms with E-state index in [1.165, 1.54) is 0 Å². The van der Waals surface area contributed by atoms with Gasteiger partial charge in [-0.2, -0.15) is 5.26 Å². The summed E-state index contributed by atoms with van der Waals surface area (Å²) in [5, 5.41) is 8.78. The van der Waals surface area contributed by atoms with E-state index in [2.05, 4.69) is 0 Å². The number of piperidine rings is 1. The molecule has 3 rings (SSSR count). The lowest BCUT2D eigenvalue weighted by molar-refractivity contribution is -0.149. The molecule has 0 spiro atoms. The molecular weight excluding hydrogens is 372 g/mol. The van der Waals surface area contributed by atoms with Crippen molar-refractivity contribution >= 4 is 17.6 Å². The largest absolute Gasteiger partial charge is 0.497 e. The van der Waals surface area contributed by atoms with Crippen LogP contribution in [-0.2, 0) is 14.3 Å². The lowest BCUT2D eigenvalue weighted by atomic mass is 9.83. The Balaban J connectivity index is 2.10. The molecule has 0 unspecified atom stereocenters.